The van der Waals surface area contributed by atoms with E-state index >= 15 is 0 Å². The monoisotopic (exact) mass is 524 g/mol. The van der Waals surface area contributed by atoms with E-state index < -0.39 is 14.1 Å². The van der Waals surface area contributed by atoms with Gasteiger partial charge in [0.2, 0.25) is 0 Å². The summed E-state index contributed by atoms with van der Waals surface area (Å²) in [6.45, 7) is 0. The summed E-state index contributed by atoms with van der Waals surface area (Å²) in [7, 11) is -2.82. The number of alkyl halides is 1. The van der Waals surface area contributed by atoms with Gasteiger partial charge in [-0.25, -0.2) is 0 Å². The fourth-order valence-electron chi connectivity index (χ4n) is 5.00. The molecule has 172 valence electrons. The lowest BCUT2D eigenvalue weighted by atomic mass is 10.3. The maximum Gasteiger partial charge on any atom is 0.172 e. The molecule has 0 aliphatic heterocycles. The van der Waals surface area contributed by atoms with Crippen LogP contribution in [0.4, 0.5) is 0 Å². The summed E-state index contributed by atoms with van der Waals surface area (Å²) < 4.78 is -0.290. The zero-order valence-electron chi connectivity index (χ0n) is 19.2. The summed E-state index contributed by atoms with van der Waals surface area (Å²) in [5, 5.41) is 6.14. The van der Waals surface area contributed by atoms with Gasteiger partial charge < -0.3 is 0 Å². The van der Waals surface area contributed by atoms with Gasteiger partial charge in [0.1, 0.15) is 0 Å². The van der Waals surface area contributed by atoms with Gasteiger partial charge >= 0.3 is 0 Å². The van der Waals surface area contributed by atoms with Crippen molar-refractivity contribution in [3.05, 3.63) is 152 Å². The molecule has 0 saturated heterocycles. The molecule has 0 fully saturated rings. The third kappa shape index (κ3) is 4.26. The Bertz CT molecular complexity index is 1270. The first-order chi connectivity index (χ1) is 17.2. The molecule has 1 atom stereocenters. The lowest BCUT2D eigenvalue weighted by Crippen LogP contribution is -2.73. The Balaban J connectivity index is 1.90. The fourth-order valence-corrected chi connectivity index (χ4v) is 19.4. The lowest BCUT2D eigenvalue weighted by molar-refractivity contribution is 1.60. The maximum atomic E-state index is 7.99. The highest BCUT2D eigenvalue weighted by Gasteiger charge is 2.52. The van der Waals surface area contributed by atoms with Crippen LogP contribution in [0.2, 0.25) is 0 Å². The van der Waals surface area contributed by atoms with Gasteiger partial charge in [0.15, 0.2) is 8.07 Å². The first-order valence-corrected chi connectivity index (χ1v) is 17.1. The van der Waals surface area contributed by atoms with Gasteiger partial charge in [-0.3, -0.25) is 0 Å². The van der Waals surface area contributed by atoms with E-state index in [1.54, 1.807) is 0 Å². The van der Waals surface area contributed by atoms with Gasteiger partial charge in [-0.15, -0.1) is 11.6 Å². The summed E-state index contributed by atoms with van der Waals surface area (Å²) >= 11 is 14.8. The van der Waals surface area contributed by atoms with E-state index in [0.29, 0.717) is 0 Å². The van der Waals surface area contributed by atoms with Gasteiger partial charge in [0, 0.05) is 6.04 Å². The zero-order chi connectivity index (χ0) is 24.1. The highest BCUT2D eigenvalue weighted by molar-refractivity contribution is 8.23. The van der Waals surface area contributed by atoms with Crippen LogP contribution in [0, 0.1) is 0 Å². The van der Waals surface area contributed by atoms with Crippen LogP contribution < -0.4 is 26.2 Å². The lowest BCUT2D eigenvalue weighted by Gasteiger charge is -2.43. The molecule has 0 aliphatic carbocycles. The van der Waals surface area contributed by atoms with E-state index in [0.717, 1.165) is 10.6 Å². The molecule has 5 aromatic rings. The minimum atomic E-state index is -2.82. The molecule has 1 unspecified atom stereocenters. The van der Waals surface area contributed by atoms with Crippen molar-refractivity contribution in [1.29, 1.82) is 0 Å². The summed E-state index contributed by atoms with van der Waals surface area (Å²) in [6, 6.07) is 51.1. The van der Waals surface area contributed by atoms with Crippen molar-refractivity contribution >= 4 is 63.7 Å². The quantitative estimate of drug-likeness (QED) is 0.119. The minimum absolute atomic E-state index is 0.290. The van der Waals surface area contributed by atoms with Crippen LogP contribution in [0.25, 0.3) is 0 Å². The normalized spacial score (nSPS) is 12.7. The Morgan fingerprint density at radius 3 is 1.00 bits per heavy atom. The smallest absolute Gasteiger partial charge is 0.119 e. The fraction of sp³-hybridized carbons (Fsp3) is 0.0323. The van der Waals surface area contributed by atoms with Crippen LogP contribution >= 0.6 is 17.6 Å². The third-order valence-corrected chi connectivity index (χ3v) is 20.8. The van der Waals surface area contributed by atoms with E-state index in [1.807, 2.05) is 12.1 Å². The van der Waals surface area contributed by atoms with E-state index in [1.165, 1.54) is 15.6 Å². The Labute approximate surface area is 219 Å². The van der Waals surface area contributed by atoms with E-state index in [-0.39, 0.29) is 4.74 Å². The Morgan fingerprint density at radius 2 is 0.714 bits per heavy atom. The SMILES string of the molecule is S=P(c1ccccc1)(c1ccccc1)C(Cl)[Si](c1ccccc1)(c1ccccc1)c1ccccc1. The molecule has 0 N–H and O–H groups in total. The van der Waals surface area contributed by atoms with Crippen molar-refractivity contribution in [1.82, 2.24) is 0 Å². The second-order valence-electron chi connectivity index (χ2n) is 8.57. The molecule has 0 bridgehead atoms. The van der Waals surface area contributed by atoms with Crippen LogP contribution in [-0.2, 0) is 11.8 Å². The molecule has 5 aromatic carbocycles. The average Bonchev–Trinajstić information content (AvgIpc) is 2.96. The molecular formula is C31H26ClPSSi. The molecule has 35 heavy (non-hydrogen) atoms. The van der Waals surface area contributed by atoms with Crippen LogP contribution in [0.15, 0.2) is 152 Å². The van der Waals surface area contributed by atoms with Crippen molar-refractivity contribution in [3.8, 4) is 0 Å². The first-order valence-electron chi connectivity index (χ1n) is 11.7. The highest BCUT2D eigenvalue weighted by Crippen LogP contribution is 2.54. The summed E-state index contributed by atoms with van der Waals surface area (Å²) in [6.07, 6.45) is 0. The summed E-state index contributed by atoms with van der Waals surface area (Å²) in [4.78, 5) is 0. The molecular weight excluding hydrogens is 499 g/mol. The van der Waals surface area contributed by atoms with Crippen molar-refractivity contribution < 1.29 is 0 Å². The van der Waals surface area contributed by atoms with E-state index in [2.05, 4.69) is 140 Å². The predicted molar refractivity (Wildman–Crippen MR) is 160 cm³/mol. The van der Waals surface area contributed by atoms with Gasteiger partial charge in [-0.1, -0.05) is 163 Å². The van der Waals surface area contributed by atoms with Crippen molar-refractivity contribution in [2.45, 2.75) is 4.74 Å². The Hall–Kier alpha value is -2.74. The largest absolute Gasteiger partial charge is 0.172 e. The molecule has 0 aliphatic rings. The average molecular weight is 525 g/mol. The molecule has 5 rings (SSSR count). The number of benzene rings is 5. The van der Waals surface area contributed by atoms with E-state index in [4.69, 9.17) is 23.4 Å². The second kappa shape index (κ2) is 10.5. The summed E-state index contributed by atoms with van der Waals surface area (Å²) in [5.74, 6) is 0. The number of hydrogen-bond donors (Lipinski definition) is 0. The summed E-state index contributed by atoms with van der Waals surface area (Å²) in [5.41, 5.74) is 0. The molecule has 0 spiro atoms. The van der Waals surface area contributed by atoms with Crippen molar-refractivity contribution in [2.24, 2.45) is 0 Å². The van der Waals surface area contributed by atoms with Gasteiger partial charge in [-0.05, 0) is 26.2 Å². The molecule has 4 heteroatoms. The Kier molecular flexibility index (Phi) is 7.18. The minimum Gasteiger partial charge on any atom is -0.119 e. The van der Waals surface area contributed by atoms with Crippen LogP contribution in [0.1, 0.15) is 0 Å². The number of halogens is 1. The second-order valence-corrected chi connectivity index (χ2v) is 18.7. The predicted octanol–water partition coefficient (Wildman–Crippen LogP) is 5.39. The third-order valence-electron chi connectivity index (χ3n) is 6.64. The van der Waals surface area contributed by atoms with Gasteiger partial charge in [0.25, 0.3) is 0 Å². The molecule has 0 nitrogen and oxygen atoms in total. The van der Waals surface area contributed by atoms with Crippen molar-refractivity contribution in [3.63, 3.8) is 0 Å². The maximum absolute atomic E-state index is 7.99. The Morgan fingerprint density at radius 1 is 0.457 bits per heavy atom. The molecule has 0 amide bonds. The topological polar surface area (TPSA) is 0 Å². The number of rotatable bonds is 7. The molecule has 0 saturated carbocycles. The van der Waals surface area contributed by atoms with Gasteiger partial charge in [-0.2, -0.15) is 0 Å². The van der Waals surface area contributed by atoms with Crippen LogP contribution in [0.3, 0.4) is 0 Å². The number of hydrogen-bond acceptors (Lipinski definition) is 1. The molecule has 0 heterocycles. The standard InChI is InChI=1S/C31H26ClPSSi/c32-31(33(34,26-16-6-1-7-17-26)27-18-8-2-9-19-27)35(28-20-10-3-11-21-28,29-22-12-4-13-23-29)30-24-14-5-15-25-30/h1-25,31H. The van der Waals surface area contributed by atoms with Crippen LogP contribution in [-0.4, -0.2) is 12.8 Å². The van der Waals surface area contributed by atoms with E-state index in [9.17, 15) is 0 Å². The van der Waals surface area contributed by atoms with Gasteiger partial charge in [0.05, 0.1) is 4.74 Å². The molecule has 0 radical (unpaired) electrons. The highest BCUT2D eigenvalue weighted by atomic mass is 35.5. The van der Waals surface area contributed by atoms with Crippen LogP contribution in [0.5, 0.6) is 0 Å². The zero-order valence-corrected chi connectivity index (χ0v) is 22.7. The molecule has 0 aromatic heterocycles. The van der Waals surface area contributed by atoms with Crippen molar-refractivity contribution in [2.75, 3.05) is 0 Å². The first kappa shape index (κ1) is 24.0.